The van der Waals surface area contributed by atoms with Crippen LogP contribution in [0.15, 0.2) is 0 Å². The van der Waals surface area contributed by atoms with E-state index in [2.05, 4.69) is 0 Å². The molecule has 0 aliphatic carbocycles. The lowest BCUT2D eigenvalue weighted by Gasteiger charge is -2.25. The van der Waals surface area contributed by atoms with Crippen molar-refractivity contribution in [3.05, 3.63) is 0 Å². The molecule has 0 radical (unpaired) electrons. The third kappa shape index (κ3) is 4.35. The van der Waals surface area contributed by atoms with Gasteiger partial charge in [-0.25, -0.2) is 0 Å². The van der Waals surface area contributed by atoms with E-state index in [0.29, 0.717) is 26.3 Å². The van der Waals surface area contributed by atoms with Gasteiger partial charge in [0.05, 0.1) is 13.2 Å². The summed E-state index contributed by atoms with van der Waals surface area (Å²) in [5.41, 5.74) is 5.07. The highest BCUT2D eigenvalue weighted by atomic mass is 35.5. The van der Waals surface area contributed by atoms with E-state index in [1.807, 2.05) is 0 Å². The zero-order valence-electron chi connectivity index (χ0n) is 6.99. The van der Waals surface area contributed by atoms with Gasteiger partial charge in [-0.15, -0.1) is 12.4 Å². The van der Waals surface area contributed by atoms with Crippen LogP contribution < -0.4 is 5.73 Å². The summed E-state index contributed by atoms with van der Waals surface area (Å²) >= 11 is 0.754. The van der Waals surface area contributed by atoms with Crippen molar-refractivity contribution in [3.63, 3.8) is 0 Å². The summed E-state index contributed by atoms with van der Waals surface area (Å²) < 4.78 is 5.07. The van der Waals surface area contributed by atoms with Crippen molar-refractivity contribution in [3.8, 4) is 0 Å². The van der Waals surface area contributed by atoms with E-state index >= 15 is 0 Å². The Morgan fingerprint density at radius 1 is 1.46 bits per heavy atom. The molecule has 1 fully saturated rings. The van der Waals surface area contributed by atoms with E-state index in [0.717, 1.165) is 11.8 Å². The monoisotopic (exact) mass is 225 g/mol. The number of thioether (sulfide) groups is 1. The van der Waals surface area contributed by atoms with Gasteiger partial charge in [0.25, 0.3) is 5.24 Å². The van der Waals surface area contributed by atoms with Gasteiger partial charge in [0, 0.05) is 24.9 Å². The van der Waals surface area contributed by atoms with Crippen LogP contribution in [0.2, 0.25) is 0 Å². The van der Waals surface area contributed by atoms with Gasteiger partial charge in [-0.05, 0) is 0 Å². The summed E-state index contributed by atoms with van der Waals surface area (Å²) in [6.07, 6.45) is 0. The van der Waals surface area contributed by atoms with Crippen LogP contribution in [0.4, 0.5) is 4.79 Å². The standard InChI is InChI=1S/C6H11N3O2S.ClH/c7-5(8)12-6(10)9-1-3-11-4-2-9;/h1-4H2,(H3,7,8);1H. The smallest absolute Gasteiger partial charge is 0.289 e. The Kier molecular flexibility index (Phi) is 5.85. The van der Waals surface area contributed by atoms with Gasteiger partial charge < -0.3 is 15.4 Å². The molecule has 1 rings (SSSR count). The van der Waals surface area contributed by atoms with Crippen LogP contribution in [0.3, 0.4) is 0 Å². The fraction of sp³-hybridized carbons (Fsp3) is 0.667. The summed E-state index contributed by atoms with van der Waals surface area (Å²) in [6, 6.07) is 0. The number of ether oxygens (including phenoxy) is 1. The topological polar surface area (TPSA) is 79.4 Å². The molecule has 13 heavy (non-hydrogen) atoms. The number of carbonyl (C=O) groups excluding carboxylic acids is 1. The quantitative estimate of drug-likeness (QED) is 0.465. The maximum absolute atomic E-state index is 11.2. The minimum absolute atomic E-state index is 0. The molecule has 76 valence electrons. The molecule has 3 N–H and O–H groups in total. The van der Waals surface area contributed by atoms with Gasteiger partial charge in [0.15, 0.2) is 5.17 Å². The lowest BCUT2D eigenvalue weighted by molar-refractivity contribution is 0.0593. The van der Waals surface area contributed by atoms with E-state index in [-0.39, 0.29) is 22.8 Å². The maximum atomic E-state index is 11.2. The van der Waals surface area contributed by atoms with E-state index in [4.69, 9.17) is 15.9 Å². The number of hydrogen-bond acceptors (Lipinski definition) is 4. The summed E-state index contributed by atoms with van der Waals surface area (Å²) in [6.45, 7) is 2.34. The van der Waals surface area contributed by atoms with Crippen molar-refractivity contribution in [1.29, 1.82) is 5.41 Å². The zero-order valence-corrected chi connectivity index (χ0v) is 8.62. The van der Waals surface area contributed by atoms with Crippen LogP contribution in [0.25, 0.3) is 0 Å². The largest absolute Gasteiger partial charge is 0.378 e. The van der Waals surface area contributed by atoms with Gasteiger partial charge in [0.1, 0.15) is 0 Å². The van der Waals surface area contributed by atoms with Crippen molar-refractivity contribution >= 4 is 34.6 Å². The van der Waals surface area contributed by atoms with Crippen molar-refractivity contribution < 1.29 is 9.53 Å². The zero-order chi connectivity index (χ0) is 8.97. The summed E-state index contributed by atoms with van der Waals surface area (Å²) in [7, 11) is 0. The molecule has 1 aliphatic rings. The maximum Gasteiger partial charge on any atom is 0.289 e. The first-order chi connectivity index (χ1) is 5.70. The molecule has 1 aliphatic heterocycles. The molecular formula is C6H12ClN3O2S. The molecule has 5 nitrogen and oxygen atoms in total. The van der Waals surface area contributed by atoms with Gasteiger partial charge in [-0.2, -0.15) is 0 Å². The van der Waals surface area contributed by atoms with Crippen molar-refractivity contribution in [2.45, 2.75) is 0 Å². The molecule has 1 saturated heterocycles. The highest BCUT2D eigenvalue weighted by Gasteiger charge is 2.17. The predicted octanol–water partition coefficient (Wildman–Crippen LogP) is 0.487. The number of nitrogens with two attached hydrogens (primary N) is 1. The number of morpholine rings is 1. The normalized spacial score (nSPS) is 16.2. The Morgan fingerprint density at radius 3 is 2.46 bits per heavy atom. The molecule has 0 unspecified atom stereocenters. The molecule has 0 atom stereocenters. The van der Waals surface area contributed by atoms with Gasteiger partial charge in [-0.3, -0.25) is 10.2 Å². The van der Waals surface area contributed by atoms with E-state index in [1.165, 1.54) is 0 Å². The van der Waals surface area contributed by atoms with Crippen molar-refractivity contribution in [1.82, 2.24) is 4.90 Å². The van der Waals surface area contributed by atoms with Gasteiger partial charge >= 0.3 is 0 Å². The molecule has 0 spiro atoms. The highest BCUT2D eigenvalue weighted by Crippen LogP contribution is 2.09. The van der Waals surface area contributed by atoms with Crippen LogP contribution in [-0.4, -0.2) is 41.6 Å². The van der Waals surface area contributed by atoms with Crippen molar-refractivity contribution in [2.75, 3.05) is 26.3 Å². The minimum Gasteiger partial charge on any atom is -0.378 e. The SMILES string of the molecule is Cl.N=C(N)SC(=O)N1CCOCC1. The average molecular weight is 226 g/mol. The molecule has 1 heterocycles. The molecule has 7 heteroatoms. The Labute approximate surface area is 86.9 Å². The molecule has 1 amide bonds. The van der Waals surface area contributed by atoms with Crippen molar-refractivity contribution in [2.24, 2.45) is 5.73 Å². The average Bonchev–Trinajstić information content (AvgIpc) is 2.05. The molecule has 0 aromatic carbocycles. The lowest BCUT2D eigenvalue weighted by Crippen LogP contribution is -2.39. The molecule has 0 aromatic heterocycles. The fourth-order valence-electron chi connectivity index (χ4n) is 0.905. The van der Waals surface area contributed by atoms with Crippen LogP contribution in [-0.2, 0) is 4.74 Å². The number of rotatable bonds is 0. The summed E-state index contributed by atoms with van der Waals surface area (Å²) in [5, 5.41) is 6.58. The van der Waals surface area contributed by atoms with Gasteiger partial charge in [0.2, 0.25) is 0 Å². The molecule has 0 bridgehead atoms. The van der Waals surface area contributed by atoms with Crippen LogP contribution in [0, 0.1) is 5.41 Å². The number of halogens is 1. The number of carbonyl (C=O) groups is 1. The van der Waals surface area contributed by atoms with Gasteiger partial charge in [-0.1, -0.05) is 0 Å². The summed E-state index contributed by atoms with van der Waals surface area (Å²) in [5.74, 6) is 0. The van der Waals surface area contributed by atoms with Crippen LogP contribution in [0.5, 0.6) is 0 Å². The molecule has 0 saturated carbocycles. The minimum atomic E-state index is -0.161. The van der Waals surface area contributed by atoms with Crippen LogP contribution >= 0.6 is 24.2 Å². The fourth-order valence-corrected chi connectivity index (χ4v) is 1.40. The third-order valence-corrected chi connectivity index (χ3v) is 2.12. The first-order valence-electron chi connectivity index (χ1n) is 3.58. The number of nitrogens with zero attached hydrogens (tertiary/aromatic N) is 1. The lowest BCUT2D eigenvalue weighted by atomic mass is 10.5. The first-order valence-corrected chi connectivity index (χ1v) is 4.40. The third-order valence-electron chi connectivity index (χ3n) is 1.47. The number of hydrogen-bond donors (Lipinski definition) is 2. The molecular weight excluding hydrogens is 214 g/mol. The first kappa shape index (κ1) is 12.5. The number of nitrogens with one attached hydrogen (secondary N) is 1. The predicted molar refractivity (Wildman–Crippen MR) is 54.5 cm³/mol. The highest BCUT2D eigenvalue weighted by molar-refractivity contribution is 8.26. The van der Waals surface area contributed by atoms with E-state index in [9.17, 15) is 4.79 Å². The second-order valence-corrected chi connectivity index (χ2v) is 3.32. The number of amidine groups is 1. The Hall–Kier alpha value is -0.460. The van der Waals surface area contributed by atoms with E-state index in [1.54, 1.807) is 4.90 Å². The number of amides is 1. The second kappa shape index (κ2) is 6.06. The van der Waals surface area contributed by atoms with E-state index < -0.39 is 0 Å². The Morgan fingerprint density at radius 2 is 2.00 bits per heavy atom. The Balaban J connectivity index is 0.00000144. The Bertz CT molecular complexity index is 196. The second-order valence-electron chi connectivity index (χ2n) is 2.33. The molecule has 0 aromatic rings. The van der Waals surface area contributed by atoms with Crippen LogP contribution in [0.1, 0.15) is 0 Å². The summed E-state index contributed by atoms with van der Waals surface area (Å²) in [4.78, 5) is 12.9.